The lowest BCUT2D eigenvalue weighted by atomic mass is 9.94. The molecular formula is C20H23BrN2O2S. The lowest BCUT2D eigenvalue weighted by Crippen LogP contribution is -2.43. The minimum atomic E-state index is -0.0222. The number of nitrogens with one attached hydrogen (secondary N) is 1. The third kappa shape index (κ3) is 4.54. The first-order valence-corrected chi connectivity index (χ1v) is 10.7. The summed E-state index contributed by atoms with van der Waals surface area (Å²) in [6, 6.07) is 9.97. The fraction of sp³-hybridized carbons (Fsp3) is 0.400. The van der Waals surface area contributed by atoms with Crippen LogP contribution < -0.4 is 5.32 Å². The zero-order valence-corrected chi connectivity index (χ0v) is 17.2. The van der Waals surface area contributed by atoms with Gasteiger partial charge in [-0.2, -0.15) is 11.3 Å². The molecule has 1 aliphatic rings. The molecule has 3 rings (SSSR count). The van der Waals surface area contributed by atoms with Crippen LogP contribution in [0.4, 0.5) is 0 Å². The Morgan fingerprint density at radius 1 is 1.23 bits per heavy atom. The van der Waals surface area contributed by atoms with Crippen LogP contribution in [0.2, 0.25) is 0 Å². The monoisotopic (exact) mass is 434 g/mol. The van der Waals surface area contributed by atoms with E-state index in [1.807, 2.05) is 46.0 Å². The van der Waals surface area contributed by atoms with Crippen molar-refractivity contribution < 1.29 is 9.59 Å². The van der Waals surface area contributed by atoms with E-state index in [2.05, 4.69) is 28.2 Å². The Morgan fingerprint density at radius 2 is 1.92 bits per heavy atom. The van der Waals surface area contributed by atoms with E-state index in [4.69, 9.17) is 0 Å². The largest absolute Gasteiger partial charge is 0.349 e. The summed E-state index contributed by atoms with van der Waals surface area (Å²) in [5, 5.41) is 6.98. The van der Waals surface area contributed by atoms with Crippen LogP contribution in [0, 0.1) is 5.92 Å². The van der Waals surface area contributed by atoms with Crippen molar-refractivity contribution in [3.05, 3.63) is 56.7 Å². The number of carbonyl (C=O) groups is 2. The van der Waals surface area contributed by atoms with Crippen molar-refractivity contribution in [3.63, 3.8) is 0 Å². The molecule has 0 aliphatic carbocycles. The van der Waals surface area contributed by atoms with Crippen LogP contribution in [0.1, 0.15) is 48.1 Å². The molecular weight excluding hydrogens is 412 g/mol. The van der Waals surface area contributed by atoms with Gasteiger partial charge in [-0.25, -0.2) is 0 Å². The van der Waals surface area contributed by atoms with Gasteiger partial charge < -0.3 is 10.2 Å². The van der Waals surface area contributed by atoms with E-state index in [-0.39, 0.29) is 23.8 Å². The predicted octanol–water partition coefficient (Wildman–Crippen LogP) is 4.63. The molecule has 4 nitrogen and oxygen atoms in total. The first-order valence-electron chi connectivity index (χ1n) is 8.95. The number of likely N-dealkylation sites (tertiary alicyclic amines) is 1. The van der Waals surface area contributed by atoms with E-state index in [9.17, 15) is 9.59 Å². The van der Waals surface area contributed by atoms with Gasteiger partial charge in [-0.15, -0.1) is 0 Å². The zero-order chi connectivity index (χ0) is 18.5. The molecule has 6 heteroatoms. The first-order chi connectivity index (χ1) is 12.6. The number of hydrogen-bond acceptors (Lipinski definition) is 3. The molecule has 138 valence electrons. The second kappa shape index (κ2) is 8.82. The summed E-state index contributed by atoms with van der Waals surface area (Å²) in [6.07, 6.45) is 2.29. The van der Waals surface area contributed by atoms with Crippen molar-refractivity contribution >= 4 is 39.1 Å². The quantitative estimate of drug-likeness (QED) is 0.745. The van der Waals surface area contributed by atoms with Gasteiger partial charge in [0.2, 0.25) is 5.91 Å². The van der Waals surface area contributed by atoms with Gasteiger partial charge in [0, 0.05) is 28.9 Å². The van der Waals surface area contributed by atoms with Crippen LogP contribution in [0.15, 0.2) is 45.6 Å². The van der Waals surface area contributed by atoms with Gasteiger partial charge in [-0.3, -0.25) is 9.59 Å². The molecule has 1 N–H and O–H groups in total. The summed E-state index contributed by atoms with van der Waals surface area (Å²) < 4.78 is 1.03. The highest BCUT2D eigenvalue weighted by atomic mass is 79.9. The molecule has 2 heterocycles. The fourth-order valence-electron chi connectivity index (χ4n) is 3.32. The number of carbonyl (C=O) groups excluding carboxylic acids is 2. The Hall–Kier alpha value is -1.66. The maximum atomic E-state index is 12.7. The highest BCUT2D eigenvalue weighted by Gasteiger charge is 2.29. The Kier molecular flexibility index (Phi) is 6.48. The van der Waals surface area contributed by atoms with Crippen molar-refractivity contribution in [2.45, 2.75) is 32.2 Å². The molecule has 1 atom stereocenters. The van der Waals surface area contributed by atoms with E-state index in [0.717, 1.165) is 34.9 Å². The Labute approximate surface area is 166 Å². The van der Waals surface area contributed by atoms with Gasteiger partial charge >= 0.3 is 0 Å². The smallest absolute Gasteiger partial charge is 0.254 e. The molecule has 1 aliphatic heterocycles. The normalized spacial score (nSPS) is 16.3. The van der Waals surface area contributed by atoms with Crippen molar-refractivity contribution in [1.82, 2.24) is 10.2 Å². The molecule has 1 aromatic heterocycles. The van der Waals surface area contributed by atoms with Gasteiger partial charge in [0.1, 0.15) is 0 Å². The number of hydrogen-bond donors (Lipinski definition) is 1. The second-order valence-corrected chi connectivity index (χ2v) is 8.30. The van der Waals surface area contributed by atoms with E-state index in [0.29, 0.717) is 13.1 Å². The topological polar surface area (TPSA) is 49.4 Å². The number of rotatable bonds is 5. The summed E-state index contributed by atoms with van der Waals surface area (Å²) >= 11 is 4.97. The Bertz CT molecular complexity index is 738. The molecule has 2 amide bonds. The molecule has 0 radical (unpaired) electrons. The van der Waals surface area contributed by atoms with Crippen LogP contribution >= 0.6 is 27.3 Å². The zero-order valence-electron chi connectivity index (χ0n) is 14.8. The number of thiophene rings is 1. The standard InChI is InChI=1S/C20H23BrN2O2S/c1-2-18(14-3-5-17(21)6-4-14)22-19(24)15-7-10-23(11-8-15)20(25)16-9-12-26-13-16/h3-6,9,12-13,15,18H,2,7-8,10-11H2,1H3,(H,22,24). The summed E-state index contributed by atoms with van der Waals surface area (Å²) in [5.74, 6) is 0.153. The van der Waals surface area contributed by atoms with Crippen LogP contribution in [-0.4, -0.2) is 29.8 Å². The number of piperidine rings is 1. The van der Waals surface area contributed by atoms with Gasteiger partial charge in [0.05, 0.1) is 11.6 Å². The maximum absolute atomic E-state index is 12.7. The molecule has 0 spiro atoms. The van der Waals surface area contributed by atoms with Crippen molar-refractivity contribution in [2.24, 2.45) is 5.92 Å². The van der Waals surface area contributed by atoms with E-state index in [1.165, 1.54) is 11.3 Å². The molecule has 2 aromatic rings. The summed E-state index contributed by atoms with van der Waals surface area (Å²) in [5.41, 5.74) is 1.87. The molecule has 1 unspecified atom stereocenters. The highest BCUT2D eigenvalue weighted by Crippen LogP contribution is 2.23. The first kappa shape index (κ1) is 19.1. The van der Waals surface area contributed by atoms with E-state index < -0.39 is 0 Å². The third-order valence-electron chi connectivity index (χ3n) is 4.92. The average molecular weight is 435 g/mol. The van der Waals surface area contributed by atoms with Crippen molar-refractivity contribution in [2.75, 3.05) is 13.1 Å². The molecule has 1 aromatic carbocycles. The predicted molar refractivity (Wildman–Crippen MR) is 108 cm³/mol. The lowest BCUT2D eigenvalue weighted by molar-refractivity contribution is -0.127. The van der Waals surface area contributed by atoms with Gasteiger partial charge in [0.15, 0.2) is 0 Å². The number of halogens is 1. The van der Waals surface area contributed by atoms with Crippen LogP contribution in [0.25, 0.3) is 0 Å². The van der Waals surface area contributed by atoms with E-state index >= 15 is 0 Å². The van der Waals surface area contributed by atoms with Gasteiger partial charge in [-0.05, 0) is 48.4 Å². The minimum absolute atomic E-state index is 0.0222. The SMILES string of the molecule is CCC(NC(=O)C1CCN(C(=O)c2ccsc2)CC1)c1ccc(Br)cc1. The van der Waals surface area contributed by atoms with Crippen LogP contribution in [0.5, 0.6) is 0 Å². The van der Waals surface area contributed by atoms with Gasteiger partial charge in [0.25, 0.3) is 5.91 Å². The lowest BCUT2D eigenvalue weighted by Gasteiger charge is -2.32. The van der Waals surface area contributed by atoms with Crippen LogP contribution in [0.3, 0.4) is 0 Å². The van der Waals surface area contributed by atoms with Crippen LogP contribution in [-0.2, 0) is 4.79 Å². The van der Waals surface area contributed by atoms with E-state index in [1.54, 1.807) is 0 Å². The second-order valence-electron chi connectivity index (χ2n) is 6.60. The minimum Gasteiger partial charge on any atom is -0.349 e. The molecule has 0 bridgehead atoms. The third-order valence-corrected chi connectivity index (χ3v) is 6.13. The summed E-state index contributed by atoms with van der Waals surface area (Å²) in [4.78, 5) is 27.0. The number of nitrogens with zero attached hydrogens (tertiary/aromatic N) is 1. The molecule has 1 saturated heterocycles. The van der Waals surface area contributed by atoms with Gasteiger partial charge in [-0.1, -0.05) is 35.0 Å². The molecule has 0 saturated carbocycles. The van der Waals surface area contributed by atoms with Crippen molar-refractivity contribution in [1.29, 1.82) is 0 Å². The number of amides is 2. The Morgan fingerprint density at radius 3 is 2.50 bits per heavy atom. The molecule has 26 heavy (non-hydrogen) atoms. The molecule has 1 fully saturated rings. The van der Waals surface area contributed by atoms with Crippen molar-refractivity contribution in [3.8, 4) is 0 Å². The highest BCUT2D eigenvalue weighted by molar-refractivity contribution is 9.10. The summed E-state index contributed by atoms with van der Waals surface area (Å²) in [7, 11) is 0. The average Bonchev–Trinajstić information content (AvgIpc) is 3.21. The summed E-state index contributed by atoms with van der Waals surface area (Å²) in [6.45, 7) is 3.36. The maximum Gasteiger partial charge on any atom is 0.254 e. The Balaban J connectivity index is 1.54. The fourth-order valence-corrected chi connectivity index (χ4v) is 4.21. The number of benzene rings is 1.